The number of benzene rings is 2. The number of rotatable bonds is 5. The number of phenolic OH excluding ortho intramolecular Hbond substituents is 1. The third-order valence-electron chi connectivity index (χ3n) is 3.88. The van der Waals surface area contributed by atoms with Gasteiger partial charge in [0.15, 0.2) is 0 Å². The second kappa shape index (κ2) is 7.10. The van der Waals surface area contributed by atoms with Crippen molar-refractivity contribution in [2.24, 2.45) is 0 Å². The summed E-state index contributed by atoms with van der Waals surface area (Å²) in [5.74, 6) is 0.342. The van der Waals surface area contributed by atoms with Gasteiger partial charge >= 0.3 is 0 Å². The Morgan fingerprint density at radius 1 is 1.14 bits per heavy atom. The van der Waals surface area contributed by atoms with Gasteiger partial charge in [-0.25, -0.2) is 0 Å². The zero-order valence-electron chi connectivity index (χ0n) is 12.7. The number of nitrogens with one attached hydrogen (secondary N) is 1. The van der Waals surface area contributed by atoms with Crippen molar-refractivity contribution < 1.29 is 5.11 Å². The van der Waals surface area contributed by atoms with Gasteiger partial charge in [-0.1, -0.05) is 47.1 Å². The van der Waals surface area contributed by atoms with Crippen molar-refractivity contribution in [3.05, 3.63) is 63.6 Å². The van der Waals surface area contributed by atoms with Gasteiger partial charge in [-0.3, -0.25) is 0 Å². The average molecular weight is 348 g/mol. The molecule has 0 amide bonds. The molecule has 0 aromatic heterocycles. The largest absolute Gasteiger partial charge is 0.508 e. The number of halogens is 1. The molecule has 2 rings (SSSR count). The van der Waals surface area contributed by atoms with Crippen LogP contribution in [0.25, 0.3) is 0 Å². The van der Waals surface area contributed by atoms with Gasteiger partial charge in [0.05, 0.1) is 0 Å². The van der Waals surface area contributed by atoms with E-state index in [-0.39, 0.29) is 12.1 Å². The lowest BCUT2D eigenvalue weighted by molar-refractivity contribution is 0.418. The summed E-state index contributed by atoms with van der Waals surface area (Å²) in [6.45, 7) is 6.42. The van der Waals surface area contributed by atoms with Crippen molar-refractivity contribution in [2.45, 2.75) is 39.3 Å². The summed E-state index contributed by atoms with van der Waals surface area (Å²) in [7, 11) is 0. The fourth-order valence-electron chi connectivity index (χ4n) is 2.70. The van der Waals surface area contributed by atoms with Crippen molar-refractivity contribution in [1.29, 1.82) is 0 Å². The molecule has 0 spiro atoms. The maximum atomic E-state index is 10.1. The number of hydrogen-bond donors (Lipinski definition) is 2. The molecule has 2 atom stereocenters. The van der Waals surface area contributed by atoms with Crippen molar-refractivity contribution in [3.8, 4) is 5.75 Å². The lowest BCUT2D eigenvalue weighted by atomic mass is 9.98. The lowest BCUT2D eigenvalue weighted by Crippen LogP contribution is -2.24. The van der Waals surface area contributed by atoms with E-state index in [0.29, 0.717) is 5.75 Å². The first-order valence-corrected chi connectivity index (χ1v) is 8.12. The summed E-state index contributed by atoms with van der Waals surface area (Å²) in [4.78, 5) is 0. The molecule has 0 saturated heterocycles. The number of phenols is 1. The summed E-state index contributed by atoms with van der Waals surface area (Å²) < 4.78 is 0.985. The highest BCUT2D eigenvalue weighted by Gasteiger charge is 2.17. The monoisotopic (exact) mass is 347 g/mol. The molecule has 2 nitrogen and oxygen atoms in total. The molecule has 0 aliphatic heterocycles. The van der Waals surface area contributed by atoms with Crippen LogP contribution in [0.15, 0.2) is 46.9 Å². The van der Waals surface area contributed by atoms with Gasteiger partial charge in [0, 0.05) is 22.1 Å². The minimum absolute atomic E-state index is 0.122. The minimum Gasteiger partial charge on any atom is -0.508 e. The highest BCUT2D eigenvalue weighted by atomic mass is 79.9. The van der Waals surface area contributed by atoms with Crippen LogP contribution < -0.4 is 5.32 Å². The third-order valence-corrected chi connectivity index (χ3v) is 4.37. The maximum Gasteiger partial charge on any atom is 0.120 e. The normalized spacial score (nSPS) is 13.9. The Balaban J connectivity index is 2.23. The van der Waals surface area contributed by atoms with E-state index in [1.54, 1.807) is 6.07 Å². The zero-order valence-corrected chi connectivity index (χ0v) is 14.3. The molecule has 0 fully saturated rings. The van der Waals surface area contributed by atoms with Crippen LogP contribution in [0.4, 0.5) is 0 Å². The van der Waals surface area contributed by atoms with E-state index >= 15 is 0 Å². The van der Waals surface area contributed by atoms with Gasteiger partial charge in [-0.15, -0.1) is 0 Å². The standard InChI is InChI=1S/C18H22BrNO/c1-4-17(16-11-14(19)9-10-18(16)21)20-13(3)15-8-6-5-7-12(15)2/h5-11,13,17,20-21H,4H2,1-3H3/t13-,17?/m0/s1. The first-order chi connectivity index (χ1) is 10.0. The molecule has 0 aliphatic rings. The van der Waals surface area contributed by atoms with Crippen LogP contribution in [0.3, 0.4) is 0 Å². The molecule has 2 N–H and O–H groups in total. The minimum atomic E-state index is 0.122. The van der Waals surface area contributed by atoms with Gasteiger partial charge in [0.1, 0.15) is 5.75 Å². The summed E-state index contributed by atoms with van der Waals surface area (Å²) >= 11 is 3.48. The SMILES string of the molecule is CCC(N[C@@H](C)c1ccccc1C)c1cc(Br)ccc1O. The van der Waals surface area contributed by atoms with Crippen molar-refractivity contribution in [3.63, 3.8) is 0 Å². The van der Waals surface area contributed by atoms with E-state index in [1.807, 2.05) is 12.1 Å². The van der Waals surface area contributed by atoms with Crippen LogP contribution >= 0.6 is 15.9 Å². The van der Waals surface area contributed by atoms with E-state index in [9.17, 15) is 5.11 Å². The van der Waals surface area contributed by atoms with Gasteiger partial charge in [-0.05, 0) is 49.6 Å². The molecule has 2 aromatic rings. The van der Waals surface area contributed by atoms with Crippen LogP contribution in [-0.4, -0.2) is 5.11 Å². The molecule has 3 heteroatoms. The van der Waals surface area contributed by atoms with Crippen LogP contribution in [0, 0.1) is 6.92 Å². The molecule has 2 aromatic carbocycles. The molecule has 1 unspecified atom stereocenters. The Morgan fingerprint density at radius 2 is 1.86 bits per heavy atom. The third kappa shape index (κ3) is 3.86. The first kappa shape index (κ1) is 16.1. The van der Waals surface area contributed by atoms with Gasteiger partial charge in [0.25, 0.3) is 0 Å². The van der Waals surface area contributed by atoms with Gasteiger partial charge < -0.3 is 10.4 Å². The summed E-state index contributed by atoms with van der Waals surface area (Å²) in [5.41, 5.74) is 3.52. The molecule has 21 heavy (non-hydrogen) atoms. The van der Waals surface area contributed by atoms with E-state index in [0.717, 1.165) is 16.5 Å². The van der Waals surface area contributed by atoms with Gasteiger partial charge in [0.2, 0.25) is 0 Å². The Hall–Kier alpha value is -1.32. The fraction of sp³-hybridized carbons (Fsp3) is 0.333. The van der Waals surface area contributed by atoms with Crippen LogP contribution in [0.1, 0.15) is 49.0 Å². The number of aromatic hydroxyl groups is 1. The summed E-state index contributed by atoms with van der Waals surface area (Å²) in [5, 5.41) is 13.7. The first-order valence-electron chi connectivity index (χ1n) is 7.33. The Labute approximate surface area is 135 Å². The molecule has 0 bridgehead atoms. The van der Waals surface area contributed by atoms with Crippen LogP contribution in [0.2, 0.25) is 0 Å². The predicted octanol–water partition coefficient (Wildman–Crippen LogP) is 5.27. The van der Waals surface area contributed by atoms with E-state index in [1.165, 1.54) is 11.1 Å². The molecule has 112 valence electrons. The van der Waals surface area contributed by atoms with E-state index < -0.39 is 0 Å². The second-order valence-electron chi connectivity index (χ2n) is 5.41. The maximum absolute atomic E-state index is 10.1. The smallest absolute Gasteiger partial charge is 0.120 e. The molecular formula is C18H22BrNO. The highest BCUT2D eigenvalue weighted by molar-refractivity contribution is 9.10. The Bertz CT molecular complexity index is 612. The van der Waals surface area contributed by atoms with Gasteiger partial charge in [-0.2, -0.15) is 0 Å². The molecule has 0 radical (unpaired) electrons. The molecule has 0 saturated carbocycles. The van der Waals surface area contributed by atoms with E-state index in [2.05, 4.69) is 66.3 Å². The van der Waals surface area contributed by atoms with Crippen LogP contribution in [-0.2, 0) is 0 Å². The fourth-order valence-corrected chi connectivity index (χ4v) is 3.08. The Morgan fingerprint density at radius 3 is 2.52 bits per heavy atom. The second-order valence-corrected chi connectivity index (χ2v) is 6.32. The highest BCUT2D eigenvalue weighted by Crippen LogP contribution is 2.31. The number of aryl methyl sites for hydroxylation is 1. The Kier molecular flexibility index (Phi) is 5.43. The summed E-state index contributed by atoms with van der Waals surface area (Å²) in [6, 6.07) is 14.3. The zero-order chi connectivity index (χ0) is 15.4. The molecule has 0 heterocycles. The van der Waals surface area contributed by atoms with Crippen molar-refractivity contribution >= 4 is 15.9 Å². The molecule has 0 aliphatic carbocycles. The topological polar surface area (TPSA) is 32.3 Å². The summed E-state index contributed by atoms with van der Waals surface area (Å²) in [6.07, 6.45) is 0.917. The van der Waals surface area contributed by atoms with Crippen molar-refractivity contribution in [2.75, 3.05) is 0 Å². The molecular weight excluding hydrogens is 326 g/mol. The van der Waals surface area contributed by atoms with E-state index in [4.69, 9.17) is 0 Å². The van der Waals surface area contributed by atoms with Crippen LogP contribution in [0.5, 0.6) is 5.75 Å². The average Bonchev–Trinajstić information content (AvgIpc) is 2.47. The quantitative estimate of drug-likeness (QED) is 0.772. The predicted molar refractivity (Wildman–Crippen MR) is 91.6 cm³/mol. The lowest BCUT2D eigenvalue weighted by Gasteiger charge is -2.25. The van der Waals surface area contributed by atoms with Crippen molar-refractivity contribution in [1.82, 2.24) is 5.32 Å². The number of hydrogen-bond acceptors (Lipinski definition) is 2.